The maximum atomic E-state index is 12.5. The Morgan fingerprint density at radius 3 is 2.13 bits per heavy atom. The summed E-state index contributed by atoms with van der Waals surface area (Å²) in [5, 5.41) is 9.78. The molecule has 0 aliphatic heterocycles. The molecule has 23 heavy (non-hydrogen) atoms. The predicted octanol–water partition coefficient (Wildman–Crippen LogP) is 0.350. The van der Waals surface area contributed by atoms with Gasteiger partial charge in [0.2, 0.25) is 0 Å². The molecule has 0 saturated carbocycles. The van der Waals surface area contributed by atoms with E-state index in [0.717, 1.165) is 0 Å². The van der Waals surface area contributed by atoms with Gasteiger partial charge >= 0.3 is 0 Å². The molecule has 0 radical (unpaired) electrons. The van der Waals surface area contributed by atoms with E-state index in [9.17, 15) is 9.59 Å². The first-order valence-electron chi connectivity index (χ1n) is 7.29. The maximum absolute atomic E-state index is 12.5. The molecule has 120 valence electrons. The number of ether oxygens (including phenoxy) is 1. The van der Waals surface area contributed by atoms with Crippen molar-refractivity contribution in [1.29, 1.82) is 0 Å². The number of hydrogen-bond donors (Lipinski definition) is 1. The lowest BCUT2D eigenvalue weighted by Crippen LogP contribution is -2.24. The standard InChI is InChI=1S/C16H17N3O4/c1-23-9-7-19-5-3-14-12(16(19)22)10-11-13(17-14)2-4-18(6-8-20)15(11)21/h2-5,10,20H,6-9H2,1H3. The van der Waals surface area contributed by atoms with Gasteiger partial charge in [0.1, 0.15) is 0 Å². The summed E-state index contributed by atoms with van der Waals surface area (Å²) in [5.74, 6) is 0. The second kappa shape index (κ2) is 6.31. The van der Waals surface area contributed by atoms with Crippen LogP contribution in [0.5, 0.6) is 0 Å². The number of aliphatic hydroxyl groups excluding tert-OH is 1. The summed E-state index contributed by atoms with van der Waals surface area (Å²) >= 11 is 0. The van der Waals surface area contributed by atoms with Crippen LogP contribution in [0.4, 0.5) is 0 Å². The maximum Gasteiger partial charge on any atom is 0.260 e. The van der Waals surface area contributed by atoms with Crippen LogP contribution in [0.2, 0.25) is 0 Å². The highest BCUT2D eigenvalue weighted by molar-refractivity contribution is 5.91. The van der Waals surface area contributed by atoms with Crippen molar-refractivity contribution < 1.29 is 9.84 Å². The van der Waals surface area contributed by atoms with E-state index >= 15 is 0 Å². The Kier molecular flexibility index (Phi) is 4.22. The molecule has 0 aliphatic rings. The second-order valence-corrected chi connectivity index (χ2v) is 5.20. The van der Waals surface area contributed by atoms with E-state index in [4.69, 9.17) is 9.84 Å². The average molecular weight is 315 g/mol. The van der Waals surface area contributed by atoms with Crippen molar-refractivity contribution in [3.8, 4) is 0 Å². The van der Waals surface area contributed by atoms with Gasteiger partial charge in [-0.1, -0.05) is 0 Å². The van der Waals surface area contributed by atoms with Crippen LogP contribution in [0, 0.1) is 0 Å². The first kappa shape index (κ1) is 15.4. The molecular weight excluding hydrogens is 298 g/mol. The van der Waals surface area contributed by atoms with Crippen molar-refractivity contribution in [3.05, 3.63) is 51.3 Å². The molecule has 0 fully saturated rings. The highest BCUT2D eigenvalue weighted by Crippen LogP contribution is 2.14. The molecule has 0 aliphatic carbocycles. The van der Waals surface area contributed by atoms with Gasteiger partial charge in [0.25, 0.3) is 11.1 Å². The van der Waals surface area contributed by atoms with Crippen molar-refractivity contribution >= 4 is 21.8 Å². The Morgan fingerprint density at radius 1 is 1.04 bits per heavy atom. The van der Waals surface area contributed by atoms with E-state index < -0.39 is 0 Å². The van der Waals surface area contributed by atoms with Crippen molar-refractivity contribution in [2.45, 2.75) is 13.1 Å². The normalized spacial score (nSPS) is 11.4. The van der Waals surface area contributed by atoms with Crippen LogP contribution in [0.15, 0.2) is 40.2 Å². The summed E-state index contributed by atoms with van der Waals surface area (Å²) in [7, 11) is 1.57. The molecule has 7 heteroatoms. The van der Waals surface area contributed by atoms with E-state index in [1.807, 2.05) is 0 Å². The van der Waals surface area contributed by atoms with Crippen LogP contribution in [0.1, 0.15) is 0 Å². The number of pyridine rings is 3. The quantitative estimate of drug-likeness (QED) is 0.687. The van der Waals surface area contributed by atoms with Gasteiger partial charge < -0.3 is 19.0 Å². The fourth-order valence-electron chi connectivity index (χ4n) is 2.55. The Morgan fingerprint density at radius 2 is 1.61 bits per heavy atom. The smallest absolute Gasteiger partial charge is 0.260 e. The summed E-state index contributed by atoms with van der Waals surface area (Å²) in [6.45, 7) is 0.943. The van der Waals surface area contributed by atoms with E-state index in [1.54, 1.807) is 37.7 Å². The van der Waals surface area contributed by atoms with E-state index in [0.29, 0.717) is 35.0 Å². The van der Waals surface area contributed by atoms with Gasteiger partial charge in [0, 0.05) is 32.6 Å². The van der Waals surface area contributed by atoms with Crippen LogP contribution >= 0.6 is 0 Å². The summed E-state index contributed by atoms with van der Waals surface area (Å²) in [5.41, 5.74) is 0.616. The van der Waals surface area contributed by atoms with Gasteiger partial charge in [-0.25, -0.2) is 4.98 Å². The summed E-state index contributed by atoms with van der Waals surface area (Å²) in [4.78, 5) is 29.3. The molecular formula is C16H17N3O4. The van der Waals surface area contributed by atoms with E-state index in [-0.39, 0.29) is 24.3 Å². The molecule has 0 spiro atoms. The van der Waals surface area contributed by atoms with Gasteiger partial charge in [0.15, 0.2) is 0 Å². The fraction of sp³-hybridized carbons (Fsp3) is 0.312. The molecule has 3 heterocycles. The SMILES string of the molecule is COCCn1ccc2nc3ccn(CCO)c(=O)c3cc2c1=O. The van der Waals surface area contributed by atoms with Crippen LogP contribution < -0.4 is 11.1 Å². The van der Waals surface area contributed by atoms with Gasteiger partial charge in [0.05, 0.1) is 35.0 Å². The van der Waals surface area contributed by atoms with Crippen molar-refractivity contribution in [3.63, 3.8) is 0 Å². The van der Waals surface area contributed by atoms with Crippen LogP contribution in [-0.2, 0) is 17.8 Å². The number of methoxy groups -OCH3 is 1. The van der Waals surface area contributed by atoms with Gasteiger partial charge in [-0.3, -0.25) is 9.59 Å². The third kappa shape index (κ3) is 2.76. The zero-order valence-corrected chi connectivity index (χ0v) is 12.7. The number of aromatic nitrogens is 3. The third-order valence-corrected chi connectivity index (χ3v) is 3.77. The van der Waals surface area contributed by atoms with Gasteiger partial charge in [-0.05, 0) is 18.2 Å². The Labute approximate surface area is 131 Å². The average Bonchev–Trinajstić information content (AvgIpc) is 2.56. The zero-order valence-electron chi connectivity index (χ0n) is 12.7. The van der Waals surface area contributed by atoms with E-state index in [1.165, 1.54) is 9.13 Å². The van der Waals surface area contributed by atoms with Crippen molar-refractivity contribution in [1.82, 2.24) is 14.1 Å². The Balaban J connectivity index is 2.25. The minimum absolute atomic E-state index is 0.129. The zero-order chi connectivity index (χ0) is 16.4. The molecule has 0 bridgehead atoms. The molecule has 0 saturated heterocycles. The van der Waals surface area contributed by atoms with Gasteiger partial charge in [-0.15, -0.1) is 0 Å². The summed E-state index contributed by atoms with van der Waals surface area (Å²) in [6.07, 6.45) is 3.27. The highest BCUT2D eigenvalue weighted by atomic mass is 16.5. The molecule has 1 N–H and O–H groups in total. The number of nitrogens with zero attached hydrogens (tertiary/aromatic N) is 3. The topological polar surface area (TPSA) is 86.3 Å². The summed E-state index contributed by atoms with van der Waals surface area (Å²) < 4.78 is 7.93. The molecule has 3 aromatic heterocycles. The largest absolute Gasteiger partial charge is 0.395 e. The molecule has 0 unspecified atom stereocenters. The fourth-order valence-corrected chi connectivity index (χ4v) is 2.55. The van der Waals surface area contributed by atoms with Crippen LogP contribution in [0.3, 0.4) is 0 Å². The molecule has 0 amide bonds. The molecule has 0 aromatic carbocycles. The lowest BCUT2D eigenvalue weighted by Gasteiger charge is -2.08. The van der Waals surface area contributed by atoms with Crippen LogP contribution in [-0.4, -0.2) is 39.5 Å². The predicted molar refractivity (Wildman–Crippen MR) is 86.7 cm³/mol. The minimum atomic E-state index is -0.266. The second-order valence-electron chi connectivity index (χ2n) is 5.20. The van der Waals surface area contributed by atoms with Crippen molar-refractivity contribution in [2.75, 3.05) is 20.3 Å². The molecule has 3 rings (SSSR count). The number of rotatable bonds is 5. The first-order valence-corrected chi connectivity index (χ1v) is 7.29. The van der Waals surface area contributed by atoms with Crippen molar-refractivity contribution in [2.24, 2.45) is 0 Å². The molecule has 0 atom stereocenters. The lowest BCUT2D eigenvalue weighted by molar-refractivity contribution is 0.186. The van der Waals surface area contributed by atoms with Gasteiger partial charge in [-0.2, -0.15) is 0 Å². The van der Waals surface area contributed by atoms with Crippen LogP contribution in [0.25, 0.3) is 21.8 Å². The number of hydrogen-bond acceptors (Lipinski definition) is 5. The Bertz CT molecular complexity index is 975. The molecule has 3 aromatic rings. The summed E-state index contributed by atoms with van der Waals surface area (Å²) in [6, 6.07) is 5.05. The third-order valence-electron chi connectivity index (χ3n) is 3.77. The minimum Gasteiger partial charge on any atom is -0.395 e. The highest BCUT2D eigenvalue weighted by Gasteiger charge is 2.09. The lowest BCUT2D eigenvalue weighted by atomic mass is 10.2. The number of fused-ring (bicyclic) bond motifs is 2. The first-order chi connectivity index (χ1) is 11.2. The molecule has 7 nitrogen and oxygen atoms in total. The number of aliphatic hydroxyl groups is 1. The van der Waals surface area contributed by atoms with E-state index in [2.05, 4.69) is 4.98 Å². The monoisotopic (exact) mass is 315 g/mol. The Hall–Kier alpha value is -2.51.